The first-order chi connectivity index (χ1) is 13.9. The van der Waals surface area contributed by atoms with Crippen molar-refractivity contribution in [1.29, 1.82) is 0 Å². The van der Waals surface area contributed by atoms with Crippen molar-refractivity contribution in [2.45, 2.75) is 50.3 Å². The zero-order chi connectivity index (χ0) is 21.0. The van der Waals surface area contributed by atoms with E-state index in [9.17, 15) is 14.4 Å². The van der Waals surface area contributed by atoms with E-state index in [0.29, 0.717) is 23.5 Å². The molecule has 154 valence electrons. The Morgan fingerprint density at radius 2 is 2.03 bits per heavy atom. The molecule has 0 radical (unpaired) electrons. The molecule has 1 aromatic carbocycles. The van der Waals surface area contributed by atoms with Gasteiger partial charge in [0.05, 0.1) is 16.5 Å². The number of hydrogen-bond acceptors (Lipinski definition) is 5. The lowest BCUT2D eigenvalue weighted by Gasteiger charge is -2.14. The van der Waals surface area contributed by atoms with Crippen LogP contribution in [0.4, 0.5) is 0 Å². The van der Waals surface area contributed by atoms with Crippen molar-refractivity contribution >= 4 is 29.5 Å². The highest BCUT2D eigenvalue weighted by atomic mass is 32.2. The number of carbonyl (C=O) groups excluding carboxylic acids is 3. The molecule has 0 spiro atoms. The first-order valence-electron chi connectivity index (χ1n) is 9.79. The van der Waals surface area contributed by atoms with Crippen LogP contribution in [-0.2, 0) is 16.1 Å². The predicted octanol–water partition coefficient (Wildman–Crippen LogP) is 2.56. The van der Waals surface area contributed by atoms with Crippen molar-refractivity contribution in [2.75, 3.05) is 13.1 Å². The van der Waals surface area contributed by atoms with Crippen molar-refractivity contribution in [3.63, 3.8) is 0 Å². The van der Waals surface area contributed by atoms with E-state index in [0.717, 1.165) is 24.4 Å². The number of amides is 3. The quantitative estimate of drug-likeness (QED) is 0.530. The van der Waals surface area contributed by atoms with Gasteiger partial charge in [0, 0.05) is 36.6 Å². The van der Waals surface area contributed by atoms with E-state index in [4.69, 9.17) is 0 Å². The Balaban J connectivity index is 1.58. The van der Waals surface area contributed by atoms with Crippen LogP contribution in [0.1, 0.15) is 41.5 Å². The van der Waals surface area contributed by atoms with Crippen LogP contribution in [0.3, 0.4) is 0 Å². The number of carbonyl (C=O) groups is 3. The molecule has 8 heteroatoms. The molecule has 1 N–H and O–H groups in total. The van der Waals surface area contributed by atoms with Gasteiger partial charge in [0.15, 0.2) is 0 Å². The fraction of sp³-hybridized carbons (Fsp3) is 0.429. The molecule has 0 unspecified atom stereocenters. The van der Waals surface area contributed by atoms with Crippen molar-refractivity contribution in [3.05, 3.63) is 47.3 Å². The van der Waals surface area contributed by atoms with Crippen LogP contribution in [0.5, 0.6) is 0 Å². The Bertz CT molecular complexity index is 924. The Hall–Kier alpha value is -2.61. The summed E-state index contributed by atoms with van der Waals surface area (Å²) in [6.07, 6.45) is 0.944. The maximum atomic E-state index is 12.7. The van der Waals surface area contributed by atoms with Gasteiger partial charge < -0.3 is 5.32 Å². The minimum absolute atomic E-state index is 0.152. The third-order valence-electron chi connectivity index (χ3n) is 4.86. The Labute approximate surface area is 174 Å². The first kappa shape index (κ1) is 21.1. The third kappa shape index (κ3) is 4.87. The monoisotopic (exact) mass is 414 g/mol. The molecule has 1 aliphatic heterocycles. The van der Waals surface area contributed by atoms with Gasteiger partial charge in [-0.2, -0.15) is 5.10 Å². The van der Waals surface area contributed by atoms with Crippen LogP contribution in [-0.4, -0.2) is 50.7 Å². The van der Waals surface area contributed by atoms with E-state index in [2.05, 4.69) is 10.4 Å². The van der Waals surface area contributed by atoms with Crippen LogP contribution in [0, 0.1) is 13.8 Å². The van der Waals surface area contributed by atoms with Crippen LogP contribution in [0.2, 0.25) is 0 Å². The fourth-order valence-electron chi connectivity index (χ4n) is 3.41. The normalized spacial score (nSPS) is 16.5. The minimum Gasteiger partial charge on any atom is -0.352 e. The molecule has 1 saturated heterocycles. The molecule has 1 aliphatic rings. The molecule has 7 nitrogen and oxygen atoms in total. The van der Waals surface area contributed by atoms with E-state index in [1.54, 1.807) is 19.1 Å². The second-order valence-corrected chi connectivity index (χ2v) is 8.29. The summed E-state index contributed by atoms with van der Waals surface area (Å²) >= 11 is 1.29. The summed E-state index contributed by atoms with van der Waals surface area (Å²) in [6.45, 7) is 7.41. The number of aryl methyl sites for hydroxylation is 3. The molecular weight excluding hydrogens is 388 g/mol. The zero-order valence-electron chi connectivity index (χ0n) is 17.0. The molecule has 1 fully saturated rings. The number of nitrogens with one attached hydrogen (secondary N) is 1. The van der Waals surface area contributed by atoms with Crippen molar-refractivity contribution in [2.24, 2.45) is 0 Å². The van der Waals surface area contributed by atoms with Gasteiger partial charge in [-0.1, -0.05) is 12.1 Å². The van der Waals surface area contributed by atoms with Crippen LogP contribution in [0.15, 0.2) is 35.2 Å². The molecule has 2 aromatic rings. The second-order valence-electron chi connectivity index (χ2n) is 7.04. The van der Waals surface area contributed by atoms with Crippen molar-refractivity contribution in [3.8, 4) is 0 Å². The van der Waals surface area contributed by atoms with E-state index in [-0.39, 0.29) is 24.1 Å². The van der Waals surface area contributed by atoms with Gasteiger partial charge in [-0.05, 0) is 45.4 Å². The number of imide groups is 1. The lowest BCUT2D eigenvalue weighted by atomic mass is 10.2. The lowest BCUT2D eigenvalue weighted by Crippen LogP contribution is -2.31. The average molecular weight is 415 g/mol. The Morgan fingerprint density at radius 3 is 2.69 bits per heavy atom. The zero-order valence-corrected chi connectivity index (χ0v) is 17.8. The van der Waals surface area contributed by atoms with Crippen LogP contribution < -0.4 is 5.32 Å². The SMILES string of the molecule is CCN1C(=O)C[C@@H](Sc2ccccc2C(=O)NCCCn2nc(C)cc2C)C1=O. The standard InChI is InChI=1S/C21H26N4O3S/c1-4-24-19(26)13-18(21(24)28)29-17-9-6-5-8-16(17)20(27)22-10-7-11-25-15(3)12-14(2)23-25/h5-6,8-9,12,18H,4,7,10-11,13H2,1-3H3,(H,22,27)/t18-/m1/s1. The number of rotatable bonds is 8. The maximum Gasteiger partial charge on any atom is 0.252 e. The number of benzene rings is 1. The van der Waals surface area contributed by atoms with Crippen LogP contribution >= 0.6 is 11.8 Å². The summed E-state index contributed by atoms with van der Waals surface area (Å²) in [5, 5.41) is 6.90. The van der Waals surface area contributed by atoms with E-state index in [1.165, 1.54) is 16.7 Å². The molecule has 0 aliphatic carbocycles. The summed E-state index contributed by atoms with van der Waals surface area (Å²) in [5.41, 5.74) is 2.62. The largest absolute Gasteiger partial charge is 0.352 e. The molecular formula is C21H26N4O3S. The summed E-state index contributed by atoms with van der Waals surface area (Å²) in [4.78, 5) is 39.0. The minimum atomic E-state index is -0.470. The number of aromatic nitrogens is 2. The third-order valence-corrected chi connectivity index (χ3v) is 6.12. The molecule has 3 amide bonds. The second kappa shape index (κ2) is 9.26. The summed E-state index contributed by atoms with van der Waals surface area (Å²) < 4.78 is 1.94. The van der Waals surface area contributed by atoms with Gasteiger partial charge in [-0.3, -0.25) is 24.0 Å². The highest BCUT2D eigenvalue weighted by Crippen LogP contribution is 2.33. The van der Waals surface area contributed by atoms with Crippen molar-refractivity contribution < 1.29 is 14.4 Å². The van der Waals surface area contributed by atoms with Crippen LogP contribution in [0.25, 0.3) is 0 Å². The van der Waals surface area contributed by atoms with E-state index in [1.807, 2.05) is 36.7 Å². The smallest absolute Gasteiger partial charge is 0.252 e. The molecule has 0 saturated carbocycles. The molecule has 2 heterocycles. The summed E-state index contributed by atoms with van der Waals surface area (Å²) in [7, 11) is 0. The van der Waals surface area contributed by atoms with Gasteiger partial charge in [-0.25, -0.2) is 0 Å². The highest BCUT2D eigenvalue weighted by Gasteiger charge is 2.38. The predicted molar refractivity (Wildman–Crippen MR) is 112 cm³/mol. The number of likely N-dealkylation sites (tertiary alicyclic amines) is 1. The van der Waals surface area contributed by atoms with E-state index < -0.39 is 5.25 Å². The van der Waals surface area contributed by atoms with Gasteiger partial charge >= 0.3 is 0 Å². The van der Waals surface area contributed by atoms with Gasteiger partial charge in [0.2, 0.25) is 11.8 Å². The molecule has 1 aromatic heterocycles. The topological polar surface area (TPSA) is 84.3 Å². The number of thioether (sulfide) groups is 1. The van der Waals surface area contributed by atoms with E-state index >= 15 is 0 Å². The molecule has 29 heavy (non-hydrogen) atoms. The van der Waals surface area contributed by atoms with Crippen molar-refractivity contribution in [1.82, 2.24) is 20.0 Å². The Kier molecular flexibility index (Phi) is 6.74. The number of hydrogen-bond donors (Lipinski definition) is 1. The fourth-order valence-corrected chi connectivity index (χ4v) is 4.62. The van der Waals surface area contributed by atoms with Gasteiger partial charge in [0.1, 0.15) is 0 Å². The van der Waals surface area contributed by atoms with Gasteiger partial charge in [-0.15, -0.1) is 11.8 Å². The highest BCUT2D eigenvalue weighted by molar-refractivity contribution is 8.00. The average Bonchev–Trinajstić information content (AvgIpc) is 3.15. The molecule has 0 bridgehead atoms. The van der Waals surface area contributed by atoms with Gasteiger partial charge in [0.25, 0.3) is 5.91 Å². The molecule has 3 rings (SSSR count). The summed E-state index contributed by atoms with van der Waals surface area (Å²) in [5.74, 6) is -0.505. The number of nitrogens with zero attached hydrogens (tertiary/aromatic N) is 3. The molecule has 1 atom stereocenters. The Morgan fingerprint density at radius 1 is 1.28 bits per heavy atom. The summed E-state index contributed by atoms with van der Waals surface area (Å²) in [6, 6.07) is 9.23. The maximum absolute atomic E-state index is 12.7. The lowest BCUT2D eigenvalue weighted by molar-refractivity contribution is -0.137. The first-order valence-corrected chi connectivity index (χ1v) is 10.7.